The van der Waals surface area contributed by atoms with Crippen molar-refractivity contribution in [3.05, 3.63) is 36.0 Å². The van der Waals surface area contributed by atoms with Crippen molar-refractivity contribution in [1.82, 2.24) is 41.0 Å². The highest BCUT2D eigenvalue weighted by Gasteiger charge is 2.66. The number of carbonyl (C=O) groups is 3. The van der Waals surface area contributed by atoms with Crippen molar-refractivity contribution in [2.24, 2.45) is 5.92 Å². The van der Waals surface area contributed by atoms with Crippen LogP contribution < -0.4 is 21.3 Å². The summed E-state index contributed by atoms with van der Waals surface area (Å²) >= 11 is 0. The summed E-state index contributed by atoms with van der Waals surface area (Å²) < 4.78 is 0. The van der Waals surface area contributed by atoms with Crippen molar-refractivity contribution in [1.29, 1.82) is 10.8 Å². The van der Waals surface area contributed by atoms with Gasteiger partial charge in [0.05, 0.1) is 24.7 Å². The van der Waals surface area contributed by atoms with Crippen LogP contribution in [0.25, 0.3) is 10.9 Å². The molecular formula is C24H30N10O4. The predicted octanol–water partition coefficient (Wildman–Crippen LogP) is -1.43. The van der Waals surface area contributed by atoms with E-state index in [1.165, 1.54) is 4.90 Å². The summed E-state index contributed by atoms with van der Waals surface area (Å²) in [5, 5.41) is 40.6. The number of guanidine groups is 2. The molecule has 0 bridgehead atoms. The molecule has 4 saturated heterocycles. The molecule has 4 amide bonds. The largest absolute Gasteiger partial charge is 0.396 e. The van der Waals surface area contributed by atoms with Gasteiger partial charge in [-0.3, -0.25) is 25.3 Å². The van der Waals surface area contributed by atoms with Gasteiger partial charge < -0.3 is 41.2 Å². The van der Waals surface area contributed by atoms with Gasteiger partial charge in [-0.25, -0.2) is 4.79 Å². The third-order valence-corrected chi connectivity index (χ3v) is 8.18. The van der Waals surface area contributed by atoms with Crippen molar-refractivity contribution < 1.29 is 19.5 Å². The molecule has 4 aliphatic rings. The van der Waals surface area contributed by atoms with E-state index < -0.39 is 35.7 Å². The number of aromatic amines is 1. The van der Waals surface area contributed by atoms with E-state index >= 15 is 0 Å². The average molecular weight is 523 g/mol. The molecule has 5 heterocycles. The van der Waals surface area contributed by atoms with E-state index in [4.69, 9.17) is 10.8 Å². The van der Waals surface area contributed by atoms with Gasteiger partial charge in [-0.05, 0) is 24.6 Å². The maximum absolute atomic E-state index is 13.5. The first kappa shape index (κ1) is 24.0. The Hall–Kier alpha value is -4.33. The smallest absolute Gasteiger partial charge is 0.327 e. The molecule has 4 unspecified atom stereocenters. The standard InChI is InChI=1S/C24H30N10O4/c1-32-11-18(36)33(23(32)38)9-17-19-24(31-21(25)30-19)14(6-8-35)16(10-34(24)22(26)29-17)28-20(37)13-3-2-4-15-12(13)5-7-27-15/h2-5,7,14,16-17,19,27,35H,6,8-11H2,1H3,(H2,26,29)(H,28,37)(H3,25,30,31)/t14?,16?,17-,19?,24?/m0/s1. The number of hydrogen-bond donors (Lipinski definition) is 8. The Morgan fingerprint density at radius 2 is 2.05 bits per heavy atom. The van der Waals surface area contributed by atoms with Gasteiger partial charge in [-0.2, -0.15) is 0 Å². The summed E-state index contributed by atoms with van der Waals surface area (Å²) in [6, 6.07) is 5.28. The summed E-state index contributed by atoms with van der Waals surface area (Å²) in [6.07, 6.45) is 2.06. The Bertz CT molecular complexity index is 1360. The van der Waals surface area contributed by atoms with Crippen molar-refractivity contribution >= 4 is 40.7 Å². The Morgan fingerprint density at radius 1 is 1.24 bits per heavy atom. The zero-order valence-corrected chi connectivity index (χ0v) is 20.7. The molecule has 6 rings (SSSR count). The first-order chi connectivity index (χ1) is 18.2. The number of aliphatic hydroxyl groups excluding tert-OH is 1. The number of fused-ring (bicyclic) bond motifs is 1. The molecule has 4 aliphatic heterocycles. The number of H-pyrrole nitrogens is 1. The molecule has 1 spiro atoms. The van der Waals surface area contributed by atoms with Crippen LogP contribution in [0.3, 0.4) is 0 Å². The van der Waals surface area contributed by atoms with E-state index in [-0.39, 0.29) is 50.0 Å². The van der Waals surface area contributed by atoms with Gasteiger partial charge in [-0.1, -0.05) is 6.07 Å². The highest BCUT2D eigenvalue weighted by Crippen LogP contribution is 2.43. The molecule has 1 aromatic carbocycles. The van der Waals surface area contributed by atoms with Crippen LogP contribution in [0.5, 0.6) is 0 Å². The predicted molar refractivity (Wildman–Crippen MR) is 136 cm³/mol. The number of amides is 4. The molecule has 14 heteroatoms. The van der Waals surface area contributed by atoms with Gasteiger partial charge in [0.1, 0.15) is 12.2 Å². The summed E-state index contributed by atoms with van der Waals surface area (Å²) in [5.74, 6) is -0.922. The number of rotatable bonds is 6. The Labute approximate surface area is 217 Å². The SMILES string of the molecule is CN1CC(=O)N(C[C@@H]2NC(=N)N3CC(NC(=O)c4cccc5[nH]ccc45)C(CCO)C34NC(=N)NC24)C1=O. The number of carbonyl (C=O) groups excluding carboxylic acids is 3. The number of aromatic nitrogens is 1. The van der Waals surface area contributed by atoms with E-state index in [0.717, 1.165) is 15.8 Å². The number of nitrogens with zero attached hydrogens (tertiary/aromatic N) is 3. The molecule has 1 aromatic heterocycles. The van der Waals surface area contributed by atoms with Crippen molar-refractivity contribution in [2.45, 2.75) is 30.2 Å². The first-order valence-corrected chi connectivity index (χ1v) is 12.5. The van der Waals surface area contributed by atoms with Crippen LogP contribution >= 0.6 is 0 Å². The second-order valence-corrected chi connectivity index (χ2v) is 10.2. The van der Waals surface area contributed by atoms with Crippen LogP contribution in [-0.2, 0) is 4.79 Å². The molecule has 0 aliphatic carbocycles. The Kier molecular flexibility index (Phi) is 5.45. The molecule has 8 N–H and O–H groups in total. The minimum atomic E-state index is -1.04. The quantitative estimate of drug-likeness (QED) is 0.212. The lowest BCUT2D eigenvalue weighted by atomic mass is 9.79. The van der Waals surface area contributed by atoms with E-state index in [1.54, 1.807) is 30.3 Å². The number of likely N-dealkylation sites (N-methyl/N-ethyl adjacent to an activating group) is 1. The normalized spacial score (nSPS) is 30.3. The van der Waals surface area contributed by atoms with Crippen molar-refractivity contribution in [3.8, 4) is 0 Å². The lowest BCUT2D eigenvalue weighted by Gasteiger charge is -2.51. The third kappa shape index (κ3) is 3.40. The molecule has 4 fully saturated rings. The van der Waals surface area contributed by atoms with Gasteiger partial charge in [0.2, 0.25) is 5.91 Å². The molecular weight excluding hydrogens is 492 g/mol. The van der Waals surface area contributed by atoms with Crippen LogP contribution in [0.2, 0.25) is 0 Å². The van der Waals surface area contributed by atoms with E-state index in [2.05, 4.69) is 26.3 Å². The van der Waals surface area contributed by atoms with E-state index in [9.17, 15) is 19.5 Å². The topological polar surface area (TPSA) is 193 Å². The van der Waals surface area contributed by atoms with Crippen LogP contribution in [0.15, 0.2) is 30.5 Å². The van der Waals surface area contributed by atoms with Crippen LogP contribution in [-0.4, -0.2) is 112 Å². The van der Waals surface area contributed by atoms with Crippen molar-refractivity contribution in [2.75, 3.05) is 33.3 Å². The van der Waals surface area contributed by atoms with Gasteiger partial charge in [0, 0.05) is 48.8 Å². The van der Waals surface area contributed by atoms with Crippen LogP contribution in [0, 0.1) is 16.7 Å². The number of benzene rings is 1. The summed E-state index contributed by atoms with van der Waals surface area (Å²) in [7, 11) is 1.56. The van der Waals surface area contributed by atoms with Gasteiger partial charge in [0.15, 0.2) is 11.9 Å². The van der Waals surface area contributed by atoms with Crippen LogP contribution in [0.4, 0.5) is 4.79 Å². The molecule has 0 saturated carbocycles. The Balaban J connectivity index is 1.32. The monoisotopic (exact) mass is 522 g/mol. The maximum atomic E-state index is 13.5. The molecule has 14 nitrogen and oxygen atoms in total. The maximum Gasteiger partial charge on any atom is 0.327 e. The van der Waals surface area contributed by atoms with E-state index in [0.29, 0.717) is 12.0 Å². The molecule has 38 heavy (non-hydrogen) atoms. The van der Waals surface area contributed by atoms with E-state index in [1.807, 2.05) is 12.1 Å². The molecule has 0 radical (unpaired) electrons. The highest BCUT2D eigenvalue weighted by atomic mass is 16.3. The van der Waals surface area contributed by atoms with Crippen LogP contribution in [0.1, 0.15) is 16.8 Å². The number of hydrogen-bond acceptors (Lipinski definition) is 6. The number of aliphatic hydroxyl groups is 1. The second kappa shape index (κ2) is 8.62. The fourth-order valence-electron chi connectivity index (χ4n) is 6.57. The summed E-state index contributed by atoms with van der Waals surface area (Å²) in [6.45, 7) is 0.0917. The molecule has 2 aromatic rings. The second-order valence-electron chi connectivity index (χ2n) is 10.2. The fourth-order valence-corrected chi connectivity index (χ4v) is 6.57. The molecule has 5 atom stereocenters. The number of imide groups is 1. The summed E-state index contributed by atoms with van der Waals surface area (Å²) in [5.41, 5.74) is 0.312. The lowest BCUT2D eigenvalue weighted by Crippen LogP contribution is -2.77. The minimum Gasteiger partial charge on any atom is -0.396 e. The minimum absolute atomic E-state index is 0.00492. The zero-order chi connectivity index (χ0) is 26.8. The van der Waals surface area contributed by atoms with Crippen molar-refractivity contribution in [3.63, 3.8) is 0 Å². The third-order valence-electron chi connectivity index (χ3n) is 8.18. The lowest BCUT2D eigenvalue weighted by molar-refractivity contribution is -0.125. The zero-order valence-electron chi connectivity index (χ0n) is 20.7. The van der Waals surface area contributed by atoms with Gasteiger partial charge in [0.25, 0.3) is 5.91 Å². The van der Waals surface area contributed by atoms with Gasteiger partial charge >= 0.3 is 6.03 Å². The molecule has 200 valence electrons. The average Bonchev–Trinajstić information content (AvgIpc) is 3.62. The highest BCUT2D eigenvalue weighted by molar-refractivity contribution is 6.06. The fraction of sp³-hybridized carbons (Fsp3) is 0.458. The number of urea groups is 1. The number of nitrogens with one attached hydrogen (secondary N) is 7. The summed E-state index contributed by atoms with van der Waals surface area (Å²) in [4.78, 5) is 45.9. The van der Waals surface area contributed by atoms with Gasteiger partial charge in [-0.15, -0.1) is 0 Å². The first-order valence-electron chi connectivity index (χ1n) is 12.5. The Morgan fingerprint density at radius 3 is 2.79 bits per heavy atom.